The predicted molar refractivity (Wildman–Crippen MR) is 86.8 cm³/mol. The number of aryl methyl sites for hydroxylation is 1. The van der Waals surface area contributed by atoms with Crippen LogP contribution in [0, 0.1) is 6.92 Å². The molecular formula is C17H16N2OS. The number of thiazole rings is 1. The fraction of sp³-hybridized carbons (Fsp3) is 0.235. The summed E-state index contributed by atoms with van der Waals surface area (Å²) < 4.78 is 6.92. The van der Waals surface area contributed by atoms with Gasteiger partial charge in [0.25, 0.3) is 0 Å². The van der Waals surface area contributed by atoms with Crippen molar-refractivity contribution in [2.45, 2.75) is 19.6 Å². The second kappa shape index (κ2) is 5.13. The first-order chi connectivity index (χ1) is 10.3. The number of hydrogen-bond acceptors (Lipinski definition) is 4. The molecule has 2 aromatic carbocycles. The van der Waals surface area contributed by atoms with Gasteiger partial charge < -0.3 is 10.1 Å². The molecule has 2 heterocycles. The smallest absolute Gasteiger partial charge is 0.0907 e. The molecule has 1 aliphatic rings. The van der Waals surface area contributed by atoms with E-state index in [-0.39, 0.29) is 6.04 Å². The predicted octanol–water partition coefficient (Wildman–Crippen LogP) is 4.29. The summed E-state index contributed by atoms with van der Waals surface area (Å²) in [5.74, 6) is 0. The van der Waals surface area contributed by atoms with Crippen molar-refractivity contribution in [2.24, 2.45) is 0 Å². The first kappa shape index (κ1) is 12.8. The van der Waals surface area contributed by atoms with Gasteiger partial charge >= 0.3 is 0 Å². The lowest BCUT2D eigenvalue weighted by molar-refractivity contribution is 0.0970. The Morgan fingerprint density at radius 1 is 1.24 bits per heavy atom. The maximum Gasteiger partial charge on any atom is 0.0907 e. The van der Waals surface area contributed by atoms with Crippen molar-refractivity contribution in [1.82, 2.24) is 4.98 Å². The largest absolute Gasteiger partial charge is 0.376 e. The molecule has 1 atom stereocenters. The Bertz CT molecular complexity index is 796. The van der Waals surface area contributed by atoms with Gasteiger partial charge in [0.15, 0.2) is 0 Å². The number of anilines is 1. The van der Waals surface area contributed by atoms with Gasteiger partial charge in [0.1, 0.15) is 0 Å². The average molecular weight is 296 g/mol. The highest BCUT2D eigenvalue weighted by Gasteiger charge is 2.20. The minimum absolute atomic E-state index is 0.210. The summed E-state index contributed by atoms with van der Waals surface area (Å²) in [6.45, 7) is 3.46. The molecule has 106 valence electrons. The Hall–Kier alpha value is -1.91. The molecule has 1 aliphatic heterocycles. The number of hydrogen-bond donors (Lipinski definition) is 1. The van der Waals surface area contributed by atoms with Crippen molar-refractivity contribution in [3.8, 4) is 0 Å². The zero-order chi connectivity index (χ0) is 14.2. The van der Waals surface area contributed by atoms with Gasteiger partial charge in [-0.3, -0.25) is 0 Å². The van der Waals surface area contributed by atoms with E-state index >= 15 is 0 Å². The number of nitrogens with zero attached hydrogens (tertiary/aromatic N) is 1. The number of rotatable bonds is 2. The standard InChI is InChI=1S/C17H16N2OS/c1-11-18-15-7-6-13(8-17(15)21-11)19-16-10-20-9-12-4-2-3-5-14(12)16/h2-8,16,19H,9-10H2,1H3. The van der Waals surface area contributed by atoms with Gasteiger partial charge in [0.2, 0.25) is 0 Å². The second-order valence-electron chi connectivity index (χ2n) is 5.33. The van der Waals surface area contributed by atoms with Crippen LogP contribution >= 0.6 is 11.3 Å². The van der Waals surface area contributed by atoms with Crippen LogP contribution in [0.15, 0.2) is 42.5 Å². The minimum Gasteiger partial charge on any atom is -0.376 e. The van der Waals surface area contributed by atoms with Gasteiger partial charge in [-0.05, 0) is 36.2 Å². The normalized spacial score (nSPS) is 17.7. The Balaban J connectivity index is 1.65. The zero-order valence-corrected chi connectivity index (χ0v) is 12.6. The lowest BCUT2D eigenvalue weighted by atomic mass is 9.99. The number of fused-ring (bicyclic) bond motifs is 2. The molecule has 0 aliphatic carbocycles. The summed E-state index contributed by atoms with van der Waals surface area (Å²) in [5, 5.41) is 4.70. The number of aromatic nitrogens is 1. The molecule has 0 saturated heterocycles. The highest BCUT2D eigenvalue weighted by molar-refractivity contribution is 7.18. The summed E-state index contributed by atoms with van der Waals surface area (Å²) in [6, 6.07) is 15.0. The van der Waals surface area contributed by atoms with E-state index in [0.717, 1.165) is 16.2 Å². The highest BCUT2D eigenvalue weighted by Crippen LogP contribution is 2.30. The van der Waals surface area contributed by atoms with Crippen LogP contribution < -0.4 is 5.32 Å². The second-order valence-corrected chi connectivity index (χ2v) is 6.56. The maximum absolute atomic E-state index is 5.70. The van der Waals surface area contributed by atoms with Gasteiger partial charge in [-0.1, -0.05) is 24.3 Å². The van der Waals surface area contributed by atoms with E-state index < -0.39 is 0 Å². The molecule has 1 N–H and O–H groups in total. The Kier molecular flexibility index (Phi) is 3.13. The summed E-state index contributed by atoms with van der Waals surface area (Å²) in [4.78, 5) is 4.50. The van der Waals surface area contributed by atoms with E-state index in [9.17, 15) is 0 Å². The Morgan fingerprint density at radius 2 is 2.14 bits per heavy atom. The maximum atomic E-state index is 5.70. The Labute approximate surface area is 127 Å². The molecule has 3 aromatic rings. The third kappa shape index (κ3) is 2.41. The number of benzene rings is 2. The Morgan fingerprint density at radius 3 is 3.10 bits per heavy atom. The van der Waals surface area contributed by atoms with Gasteiger partial charge in [0.05, 0.1) is 34.5 Å². The topological polar surface area (TPSA) is 34.2 Å². The van der Waals surface area contributed by atoms with Crippen LogP contribution in [0.4, 0.5) is 5.69 Å². The summed E-state index contributed by atoms with van der Waals surface area (Å²) in [7, 11) is 0. The molecule has 4 rings (SSSR count). The summed E-state index contributed by atoms with van der Waals surface area (Å²) in [5.41, 5.74) is 4.81. The van der Waals surface area contributed by atoms with Crippen LogP contribution in [-0.2, 0) is 11.3 Å². The first-order valence-corrected chi connectivity index (χ1v) is 7.90. The van der Waals surface area contributed by atoms with E-state index in [1.54, 1.807) is 11.3 Å². The molecule has 3 nitrogen and oxygen atoms in total. The lowest BCUT2D eigenvalue weighted by Gasteiger charge is -2.27. The van der Waals surface area contributed by atoms with Crippen molar-refractivity contribution < 1.29 is 4.74 Å². The van der Waals surface area contributed by atoms with Crippen molar-refractivity contribution in [3.05, 3.63) is 58.6 Å². The monoisotopic (exact) mass is 296 g/mol. The van der Waals surface area contributed by atoms with Gasteiger partial charge in [0, 0.05) is 5.69 Å². The molecule has 0 radical (unpaired) electrons. The SMILES string of the molecule is Cc1nc2ccc(NC3COCc4ccccc43)cc2s1. The van der Waals surface area contributed by atoms with E-state index in [1.165, 1.54) is 15.8 Å². The van der Waals surface area contributed by atoms with E-state index in [1.807, 2.05) is 6.92 Å². The molecule has 0 amide bonds. The third-order valence-corrected chi connectivity index (χ3v) is 4.74. The minimum atomic E-state index is 0.210. The molecule has 1 aromatic heterocycles. The fourth-order valence-electron chi connectivity index (χ4n) is 2.83. The molecular weight excluding hydrogens is 280 g/mol. The molecule has 0 bridgehead atoms. The van der Waals surface area contributed by atoms with Crippen LogP contribution in [0.1, 0.15) is 22.2 Å². The van der Waals surface area contributed by atoms with Crippen LogP contribution in [0.2, 0.25) is 0 Å². The van der Waals surface area contributed by atoms with Crippen LogP contribution in [-0.4, -0.2) is 11.6 Å². The van der Waals surface area contributed by atoms with Crippen molar-refractivity contribution in [1.29, 1.82) is 0 Å². The van der Waals surface area contributed by atoms with Crippen LogP contribution in [0.5, 0.6) is 0 Å². The molecule has 0 spiro atoms. The van der Waals surface area contributed by atoms with Crippen molar-refractivity contribution >= 4 is 27.2 Å². The van der Waals surface area contributed by atoms with E-state index in [2.05, 4.69) is 52.8 Å². The molecule has 0 fully saturated rings. The molecule has 4 heteroatoms. The first-order valence-electron chi connectivity index (χ1n) is 7.09. The van der Waals surface area contributed by atoms with E-state index in [4.69, 9.17) is 4.74 Å². The third-order valence-electron chi connectivity index (χ3n) is 3.81. The summed E-state index contributed by atoms with van der Waals surface area (Å²) in [6.07, 6.45) is 0. The summed E-state index contributed by atoms with van der Waals surface area (Å²) >= 11 is 1.73. The molecule has 1 unspecified atom stereocenters. The van der Waals surface area contributed by atoms with Crippen molar-refractivity contribution in [3.63, 3.8) is 0 Å². The highest BCUT2D eigenvalue weighted by atomic mass is 32.1. The van der Waals surface area contributed by atoms with Gasteiger partial charge in [-0.25, -0.2) is 4.98 Å². The van der Waals surface area contributed by atoms with Gasteiger partial charge in [-0.15, -0.1) is 11.3 Å². The van der Waals surface area contributed by atoms with E-state index in [0.29, 0.717) is 13.2 Å². The van der Waals surface area contributed by atoms with Crippen LogP contribution in [0.3, 0.4) is 0 Å². The molecule has 0 saturated carbocycles. The quantitative estimate of drug-likeness (QED) is 0.766. The fourth-order valence-corrected chi connectivity index (χ4v) is 3.70. The van der Waals surface area contributed by atoms with Crippen LogP contribution in [0.25, 0.3) is 10.2 Å². The molecule has 21 heavy (non-hydrogen) atoms. The number of ether oxygens (including phenoxy) is 1. The average Bonchev–Trinajstić information content (AvgIpc) is 2.87. The lowest BCUT2D eigenvalue weighted by Crippen LogP contribution is -2.23. The zero-order valence-electron chi connectivity index (χ0n) is 11.8. The number of nitrogens with one attached hydrogen (secondary N) is 1. The van der Waals surface area contributed by atoms with Crippen molar-refractivity contribution in [2.75, 3.05) is 11.9 Å². The van der Waals surface area contributed by atoms with Gasteiger partial charge in [-0.2, -0.15) is 0 Å².